The number of hydrogen-bond acceptors (Lipinski definition) is 3. The van der Waals surface area contributed by atoms with Gasteiger partial charge in [-0.15, -0.1) is 0 Å². The van der Waals surface area contributed by atoms with E-state index in [0.717, 1.165) is 52.2 Å². The average molecular weight is 291 g/mol. The van der Waals surface area contributed by atoms with Crippen molar-refractivity contribution in [3.8, 4) is 0 Å². The van der Waals surface area contributed by atoms with Gasteiger partial charge in [-0.3, -0.25) is 0 Å². The summed E-state index contributed by atoms with van der Waals surface area (Å²) in [6.07, 6.45) is 3.41. The van der Waals surface area contributed by atoms with Crippen molar-refractivity contribution in [2.75, 3.05) is 33.0 Å². The first kappa shape index (κ1) is 16.5. The summed E-state index contributed by atoms with van der Waals surface area (Å²) in [6.45, 7) is 8.80. The molecule has 3 heteroatoms. The van der Waals surface area contributed by atoms with Crippen LogP contribution >= 0.6 is 0 Å². The van der Waals surface area contributed by atoms with Crippen LogP contribution in [0, 0.1) is 12.8 Å². The Labute approximate surface area is 129 Å². The number of hydrogen-bond donors (Lipinski definition) is 1. The number of rotatable bonds is 8. The molecule has 0 saturated carbocycles. The number of ether oxygens (including phenoxy) is 2. The molecule has 1 fully saturated rings. The van der Waals surface area contributed by atoms with Crippen molar-refractivity contribution >= 4 is 0 Å². The molecule has 1 aliphatic rings. The summed E-state index contributed by atoms with van der Waals surface area (Å²) in [5.74, 6) is 0.669. The van der Waals surface area contributed by atoms with Crippen LogP contribution in [-0.4, -0.2) is 33.0 Å². The molecule has 0 spiro atoms. The second kappa shape index (κ2) is 9.19. The molecular formula is C18H29NO2. The maximum Gasteiger partial charge on any atom is 0.0661 e. The Morgan fingerprint density at radius 2 is 2.05 bits per heavy atom. The minimum atomic E-state index is 0.297. The zero-order valence-electron chi connectivity index (χ0n) is 13.4. The molecule has 1 atom stereocenters. The normalized spacial score (nSPS) is 17.8. The van der Waals surface area contributed by atoms with Gasteiger partial charge in [0.05, 0.1) is 12.6 Å². The lowest BCUT2D eigenvalue weighted by Crippen LogP contribution is -2.28. The van der Waals surface area contributed by atoms with Crippen LogP contribution in [0.4, 0.5) is 0 Å². The predicted molar refractivity (Wildman–Crippen MR) is 86.6 cm³/mol. The van der Waals surface area contributed by atoms with Gasteiger partial charge in [-0.25, -0.2) is 0 Å². The molecule has 3 nitrogen and oxygen atoms in total. The van der Waals surface area contributed by atoms with Gasteiger partial charge < -0.3 is 14.8 Å². The van der Waals surface area contributed by atoms with E-state index < -0.39 is 0 Å². The minimum Gasteiger partial charge on any atom is -0.381 e. The third kappa shape index (κ3) is 5.42. The van der Waals surface area contributed by atoms with Crippen LogP contribution in [0.1, 0.15) is 43.4 Å². The summed E-state index contributed by atoms with van der Waals surface area (Å²) in [4.78, 5) is 0. The van der Waals surface area contributed by atoms with Gasteiger partial charge in [-0.05, 0) is 49.8 Å². The van der Waals surface area contributed by atoms with E-state index in [1.165, 1.54) is 11.1 Å². The fourth-order valence-corrected chi connectivity index (χ4v) is 2.82. The summed E-state index contributed by atoms with van der Waals surface area (Å²) >= 11 is 0. The van der Waals surface area contributed by atoms with E-state index in [2.05, 4.69) is 43.4 Å². The quantitative estimate of drug-likeness (QED) is 0.795. The Kier molecular flexibility index (Phi) is 7.20. The van der Waals surface area contributed by atoms with Crippen LogP contribution in [0.5, 0.6) is 0 Å². The molecule has 0 amide bonds. The molecule has 1 N–H and O–H groups in total. The molecule has 1 saturated heterocycles. The maximum atomic E-state index is 6.02. The topological polar surface area (TPSA) is 30.5 Å². The van der Waals surface area contributed by atoms with Crippen molar-refractivity contribution in [2.24, 2.45) is 5.92 Å². The number of aryl methyl sites for hydroxylation is 1. The zero-order valence-corrected chi connectivity index (χ0v) is 13.4. The molecule has 0 radical (unpaired) electrons. The molecule has 1 aliphatic heterocycles. The van der Waals surface area contributed by atoms with Crippen LogP contribution in [0.2, 0.25) is 0 Å². The Hall–Kier alpha value is -0.900. The Morgan fingerprint density at radius 1 is 1.29 bits per heavy atom. The molecule has 1 aromatic rings. The van der Waals surface area contributed by atoms with E-state index in [-0.39, 0.29) is 0 Å². The molecule has 0 aliphatic carbocycles. The molecule has 1 heterocycles. The fraction of sp³-hybridized carbons (Fsp3) is 0.667. The first-order valence-corrected chi connectivity index (χ1v) is 8.25. The summed E-state index contributed by atoms with van der Waals surface area (Å²) < 4.78 is 11.4. The largest absolute Gasteiger partial charge is 0.381 e. The summed E-state index contributed by atoms with van der Waals surface area (Å²) in [5, 5.41) is 3.61. The van der Waals surface area contributed by atoms with E-state index in [0.29, 0.717) is 12.0 Å². The van der Waals surface area contributed by atoms with E-state index in [1.807, 2.05) is 0 Å². The van der Waals surface area contributed by atoms with Crippen LogP contribution in [0.3, 0.4) is 0 Å². The number of nitrogens with one attached hydrogen (secondary N) is 1. The molecule has 0 aromatic heterocycles. The molecule has 118 valence electrons. The van der Waals surface area contributed by atoms with E-state index >= 15 is 0 Å². The van der Waals surface area contributed by atoms with Crippen molar-refractivity contribution in [3.63, 3.8) is 0 Å². The smallest absolute Gasteiger partial charge is 0.0661 e. The van der Waals surface area contributed by atoms with Gasteiger partial charge >= 0.3 is 0 Å². The van der Waals surface area contributed by atoms with Crippen LogP contribution < -0.4 is 5.32 Å². The molecular weight excluding hydrogens is 262 g/mol. The molecule has 1 aromatic carbocycles. The van der Waals surface area contributed by atoms with E-state index in [1.54, 1.807) is 0 Å². The third-order valence-electron chi connectivity index (χ3n) is 4.18. The Bertz CT molecular complexity index is 402. The molecule has 0 bridgehead atoms. The van der Waals surface area contributed by atoms with Gasteiger partial charge in [0.2, 0.25) is 0 Å². The van der Waals surface area contributed by atoms with Crippen LogP contribution in [0.25, 0.3) is 0 Å². The second-order valence-electron chi connectivity index (χ2n) is 5.96. The first-order chi connectivity index (χ1) is 10.3. The lowest BCUT2D eigenvalue weighted by atomic mass is 10.0. The van der Waals surface area contributed by atoms with Crippen molar-refractivity contribution in [1.29, 1.82) is 0 Å². The van der Waals surface area contributed by atoms with Crippen molar-refractivity contribution in [2.45, 2.75) is 39.2 Å². The Balaban J connectivity index is 1.85. The lowest BCUT2D eigenvalue weighted by molar-refractivity contribution is 0.0151. The average Bonchev–Trinajstić information content (AvgIpc) is 2.52. The van der Waals surface area contributed by atoms with Crippen molar-refractivity contribution in [1.82, 2.24) is 5.32 Å². The summed E-state index contributed by atoms with van der Waals surface area (Å²) in [6, 6.07) is 8.89. The van der Waals surface area contributed by atoms with Crippen molar-refractivity contribution in [3.05, 3.63) is 35.4 Å². The fourth-order valence-electron chi connectivity index (χ4n) is 2.82. The van der Waals surface area contributed by atoms with Gasteiger partial charge in [0.25, 0.3) is 0 Å². The minimum absolute atomic E-state index is 0.297. The summed E-state index contributed by atoms with van der Waals surface area (Å²) in [5.41, 5.74) is 2.69. The monoisotopic (exact) mass is 291 g/mol. The van der Waals surface area contributed by atoms with Gasteiger partial charge in [-0.1, -0.05) is 31.2 Å². The van der Waals surface area contributed by atoms with Crippen molar-refractivity contribution < 1.29 is 9.47 Å². The van der Waals surface area contributed by atoms with E-state index in [9.17, 15) is 0 Å². The molecule has 21 heavy (non-hydrogen) atoms. The highest BCUT2D eigenvalue weighted by atomic mass is 16.5. The zero-order chi connectivity index (χ0) is 14.9. The molecule has 2 rings (SSSR count). The predicted octanol–water partition coefficient (Wildman–Crippen LogP) is 3.48. The van der Waals surface area contributed by atoms with Crippen LogP contribution in [0.15, 0.2) is 24.3 Å². The molecule has 1 unspecified atom stereocenters. The van der Waals surface area contributed by atoms with Crippen LogP contribution in [-0.2, 0) is 9.47 Å². The maximum absolute atomic E-state index is 6.02. The summed E-state index contributed by atoms with van der Waals surface area (Å²) in [7, 11) is 0. The highest BCUT2D eigenvalue weighted by Crippen LogP contribution is 2.20. The second-order valence-corrected chi connectivity index (χ2v) is 5.96. The van der Waals surface area contributed by atoms with Gasteiger partial charge in [0, 0.05) is 19.8 Å². The first-order valence-electron chi connectivity index (χ1n) is 8.25. The highest BCUT2D eigenvalue weighted by Gasteiger charge is 2.16. The van der Waals surface area contributed by atoms with E-state index in [4.69, 9.17) is 9.47 Å². The third-order valence-corrected chi connectivity index (χ3v) is 4.18. The highest BCUT2D eigenvalue weighted by molar-refractivity contribution is 5.28. The lowest BCUT2D eigenvalue weighted by Gasteiger charge is -2.25. The Morgan fingerprint density at radius 3 is 2.76 bits per heavy atom. The van der Waals surface area contributed by atoms with Gasteiger partial charge in [0.1, 0.15) is 0 Å². The number of benzene rings is 1. The standard InChI is InChI=1S/C18H29NO2/c1-3-10-19-18(17-7-5-4-6-15(17)2)14-21-13-16-8-11-20-12-9-16/h4-7,16,18-19H,3,8-14H2,1-2H3. The van der Waals surface area contributed by atoms with Gasteiger partial charge in [-0.2, -0.15) is 0 Å². The SMILES string of the molecule is CCCNC(COCC1CCOCC1)c1ccccc1C. The van der Waals surface area contributed by atoms with Gasteiger partial charge in [0.15, 0.2) is 0 Å².